The molecule has 3 rings (SSSR count). The summed E-state index contributed by atoms with van der Waals surface area (Å²) >= 11 is 0. The van der Waals surface area contributed by atoms with E-state index >= 15 is 0 Å². The van der Waals surface area contributed by atoms with Gasteiger partial charge in [-0.15, -0.1) is 0 Å². The van der Waals surface area contributed by atoms with Crippen molar-refractivity contribution >= 4 is 12.1 Å². The zero-order valence-electron chi connectivity index (χ0n) is 20.2. The van der Waals surface area contributed by atoms with Crippen molar-refractivity contribution in [2.75, 3.05) is 27.3 Å². The minimum absolute atomic E-state index is 0.0608. The van der Waals surface area contributed by atoms with Crippen molar-refractivity contribution < 1.29 is 33.6 Å². The summed E-state index contributed by atoms with van der Waals surface area (Å²) in [6.45, 7) is 6.03. The van der Waals surface area contributed by atoms with E-state index in [0.29, 0.717) is 36.0 Å². The SMILES string of the molecule is COc1cc(COc2cccc([C@H]3CCN(C(=O)OC(C)(C)C)C[C@@H]3C(=O)O)n2)cc(OC)c1. The second-order valence-electron chi connectivity index (χ2n) is 9.18. The topological polar surface area (TPSA) is 107 Å². The van der Waals surface area contributed by atoms with Gasteiger partial charge in [-0.2, -0.15) is 0 Å². The summed E-state index contributed by atoms with van der Waals surface area (Å²) < 4.78 is 21.9. The van der Waals surface area contributed by atoms with Gasteiger partial charge in [0.25, 0.3) is 0 Å². The lowest BCUT2D eigenvalue weighted by molar-refractivity contribution is -0.144. The van der Waals surface area contributed by atoms with Gasteiger partial charge in [0, 0.05) is 36.8 Å². The second kappa shape index (κ2) is 10.6. The molecule has 1 aliphatic rings. The zero-order valence-corrected chi connectivity index (χ0v) is 20.2. The first-order chi connectivity index (χ1) is 16.1. The third-order valence-electron chi connectivity index (χ3n) is 5.50. The van der Waals surface area contributed by atoms with Crippen LogP contribution in [-0.4, -0.2) is 60.0 Å². The molecule has 0 unspecified atom stereocenters. The molecule has 1 aromatic carbocycles. The third-order valence-corrected chi connectivity index (χ3v) is 5.50. The molecule has 1 fully saturated rings. The molecule has 0 aliphatic carbocycles. The van der Waals surface area contributed by atoms with Crippen molar-refractivity contribution in [1.82, 2.24) is 9.88 Å². The summed E-state index contributed by atoms with van der Waals surface area (Å²) in [5.74, 6) is -0.433. The molecule has 0 radical (unpaired) electrons. The van der Waals surface area contributed by atoms with E-state index in [1.54, 1.807) is 59.3 Å². The molecule has 9 heteroatoms. The fourth-order valence-corrected chi connectivity index (χ4v) is 3.87. The van der Waals surface area contributed by atoms with E-state index in [9.17, 15) is 14.7 Å². The maximum absolute atomic E-state index is 12.4. The quantitative estimate of drug-likeness (QED) is 0.642. The van der Waals surface area contributed by atoms with Crippen LogP contribution in [0.15, 0.2) is 36.4 Å². The molecule has 1 saturated heterocycles. The Labute approximate surface area is 199 Å². The number of methoxy groups -OCH3 is 2. The van der Waals surface area contributed by atoms with E-state index in [-0.39, 0.29) is 19.1 Å². The average Bonchev–Trinajstić information content (AvgIpc) is 2.81. The number of pyridine rings is 1. The zero-order chi connectivity index (χ0) is 24.9. The van der Waals surface area contributed by atoms with Crippen LogP contribution in [0.2, 0.25) is 0 Å². The van der Waals surface area contributed by atoms with Crippen molar-refractivity contribution in [3.8, 4) is 17.4 Å². The predicted octanol–water partition coefficient (Wildman–Crippen LogP) is 4.10. The summed E-state index contributed by atoms with van der Waals surface area (Å²) in [5.41, 5.74) is 0.821. The third kappa shape index (κ3) is 6.52. The van der Waals surface area contributed by atoms with Crippen molar-refractivity contribution in [1.29, 1.82) is 0 Å². The first kappa shape index (κ1) is 25.1. The average molecular weight is 473 g/mol. The molecule has 1 amide bonds. The molecule has 34 heavy (non-hydrogen) atoms. The van der Waals surface area contributed by atoms with Crippen LogP contribution in [0.1, 0.15) is 44.4 Å². The number of hydrogen-bond acceptors (Lipinski definition) is 7. The van der Waals surface area contributed by atoms with Gasteiger partial charge in [0.05, 0.1) is 20.1 Å². The Hall–Kier alpha value is -3.49. The van der Waals surface area contributed by atoms with Crippen LogP contribution < -0.4 is 14.2 Å². The highest BCUT2D eigenvalue weighted by molar-refractivity contribution is 5.74. The lowest BCUT2D eigenvalue weighted by atomic mass is 9.83. The van der Waals surface area contributed by atoms with E-state index in [1.807, 2.05) is 12.1 Å². The number of carboxylic acids is 1. The molecule has 9 nitrogen and oxygen atoms in total. The standard InChI is InChI=1S/C25H32N2O7/c1-25(2,3)34-24(30)27-10-9-19(20(14-27)23(28)29)21-7-6-8-22(26-21)33-15-16-11-17(31-4)13-18(12-16)32-5/h6-8,11-13,19-20H,9-10,14-15H2,1-5H3,(H,28,29)/t19-,20-/m0/s1. The molecular weight excluding hydrogens is 440 g/mol. The smallest absolute Gasteiger partial charge is 0.410 e. The van der Waals surface area contributed by atoms with Gasteiger partial charge in [0.1, 0.15) is 23.7 Å². The van der Waals surface area contributed by atoms with E-state index in [1.165, 1.54) is 4.90 Å². The van der Waals surface area contributed by atoms with Crippen LogP contribution in [0, 0.1) is 5.92 Å². The minimum atomic E-state index is -0.977. The lowest BCUT2D eigenvalue weighted by Gasteiger charge is -2.37. The molecule has 2 atom stereocenters. The fraction of sp³-hybridized carbons (Fsp3) is 0.480. The molecule has 1 aliphatic heterocycles. The molecule has 2 aromatic rings. The van der Waals surface area contributed by atoms with Crippen LogP contribution in [0.5, 0.6) is 17.4 Å². The van der Waals surface area contributed by atoms with Crippen LogP contribution in [0.3, 0.4) is 0 Å². The van der Waals surface area contributed by atoms with Gasteiger partial charge in [-0.1, -0.05) is 6.07 Å². The highest BCUT2D eigenvalue weighted by Gasteiger charge is 2.39. The van der Waals surface area contributed by atoms with Gasteiger partial charge in [-0.3, -0.25) is 4.79 Å². The maximum atomic E-state index is 12.4. The first-order valence-electron chi connectivity index (χ1n) is 11.1. The fourth-order valence-electron chi connectivity index (χ4n) is 3.87. The summed E-state index contributed by atoms with van der Waals surface area (Å²) in [6, 6.07) is 10.8. The molecule has 1 N–H and O–H groups in total. The van der Waals surface area contributed by atoms with Gasteiger partial charge < -0.3 is 29.0 Å². The number of aliphatic carboxylic acids is 1. The summed E-state index contributed by atoms with van der Waals surface area (Å²) in [7, 11) is 3.16. The van der Waals surface area contributed by atoms with Crippen LogP contribution in [0.25, 0.3) is 0 Å². The summed E-state index contributed by atoms with van der Waals surface area (Å²) in [4.78, 5) is 30.5. The summed E-state index contributed by atoms with van der Waals surface area (Å²) in [5, 5.41) is 9.86. The summed E-state index contributed by atoms with van der Waals surface area (Å²) in [6.07, 6.45) is -0.0457. The molecule has 2 heterocycles. The number of likely N-dealkylation sites (tertiary alicyclic amines) is 1. The van der Waals surface area contributed by atoms with Crippen LogP contribution in [0.4, 0.5) is 4.79 Å². The number of carboxylic acid groups (broad SMARTS) is 1. The van der Waals surface area contributed by atoms with E-state index in [0.717, 1.165) is 5.56 Å². The number of carbonyl (C=O) groups is 2. The Morgan fingerprint density at radius 3 is 2.38 bits per heavy atom. The number of ether oxygens (including phenoxy) is 4. The Bertz CT molecular complexity index is 996. The highest BCUT2D eigenvalue weighted by atomic mass is 16.6. The molecule has 0 saturated carbocycles. The molecule has 0 bridgehead atoms. The van der Waals surface area contributed by atoms with Gasteiger partial charge in [-0.05, 0) is 51.0 Å². The Morgan fingerprint density at radius 2 is 1.79 bits per heavy atom. The number of aromatic nitrogens is 1. The predicted molar refractivity (Wildman–Crippen MR) is 124 cm³/mol. The van der Waals surface area contributed by atoms with Gasteiger partial charge >= 0.3 is 12.1 Å². The molecule has 184 valence electrons. The van der Waals surface area contributed by atoms with Gasteiger partial charge in [-0.25, -0.2) is 9.78 Å². The molecule has 0 spiro atoms. The monoisotopic (exact) mass is 472 g/mol. The normalized spacial score (nSPS) is 18.2. The van der Waals surface area contributed by atoms with Gasteiger partial charge in [0.2, 0.25) is 5.88 Å². The van der Waals surface area contributed by atoms with Crippen molar-refractivity contribution in [3.63, 3.8) is 0 Å². The van der Waals surface area contributed by atoms with E-state index in [2.05, 4.69) is 4.98 Å². The van der Waals surface area contributed by atoms with Crippen LogP contribution in [-0.2, 0) is 16.1 Å². The number of rotatable bonds is 7. The number of benzene rings is 1. The lowest BCUT2D eigenvalue weighted by Crippen LogP contribution is -2.47. The van der Waals surface area contributed by atoms with Gasteiger partial charge in [0.15, 0.2) is 0 Å². The second-order valence-corrected chi connectivity index (χ2v) is 9.18. The van der Waals surface area contributed by atoms with Crippen LogP contribution >= 0.6 is 0 Å². The number of hydrogen-bond donors (Lipinski definition) is 1. The van der Waals surface area contributed by atoms with Crippen molar-refractivity contribution in [2.24, 2.45) is 5.92 Å². The highest BCUT2D eigenvalue weighted by Crippen LogP contribution is 2.34. The Morgan fingerprint density at radius 1 is 1.12 bits per heavy atom. The Balaban J connectivity index is 1.72. The number of amides is 1. The molecule has 1 aromatic heterocycles. The number of nitrogens with zero attached hydrogens (tertiary/aromatic N) is 2. The first-order valence-corrected chi connectivity index (χ1v) is 11.1. The maximum Gasteiger partial charge on any atom is 0.410 e. The van der Waals surface area contributed by atoms with Crippen molar-refractivity contribution in [2.45, 2.75) is 45.3 Å². The Kier molecular flexibility index (Phi) is 7.86. The van der Waals surface area contributed by atoms with E-state index < -0.39 is 23.6 Å². The largest absolute Gasteiger partial charge is 0.497 e. The molecular formula is C25H32N2O7. The number of carbonyl (C=O) groups excluding carboxylic acids is 1. The van der Waals surface area contributed by atoms with Crippen molar-refractivity contribution in [3.05, 3.63) is 47.7 Å². The number of piperidine rings is 1. The van der Waals surface area contributed by atoms with E-state index in [4.69, 9.17) is 18.9 Å². The minimum Gasteiger partial charge on any atom is -0.497 e.